The lowest BCUT2D eigenvalue weighted by atomic mass is 10.1. The third-order valence-corrected chi connectivity index (χ3v) is 3.79. The monoisotopic (exact) mass is 301 g/mol. The van der Waals surface area contributed by atoms with Crippen molar-refractivity contribution in [2.45, 2.75) is 44.7 Å². The fourth-order valence-corrected chi connectivity index (χ4v) is 2.43. The Morgan fingerprint density at radius 1 is 1.29 bits per heavy atom. The minimum atomic E-state index is -1.05. The number of urea groups is 1. The highest BCUT2D eigenvalue weighted by Crippen LogP contribution is 2.11. The molecule has 1 fully saturated rings. The molecule has 7 nitrogen and oxygen atoms in total. The second-order valence-corrected chi connectivity index (χ2v) is 5.47. The van der Waals surface area contributed by atoms with Crippen LogP contribution >= 0.6 is 0 Å². The van der Waals surface area contributed by atoms with Crippen LogP contribution < -0.4 is 10.6 Å². The van der Waals surface area contributed by atoms with Crippen molar-refractivity contribution in [3.8, 4) is 0 Å². The van der Waals surface area contributed by atoms with Gasteiger partial charge < -0.3 is 20.5 Å². The molecule has 1 heterocycles. The number of carboxylic acid groups (broad SMARTS) is 1. The number of hydrogen-bond acceptors (Lipinski definition) is 4. The molecule has 0 radical (unpaired) electrons. The first-order valence-corrected chi connectivity index (χ1v) is 7.54. The molecule has 122 valence electrons. The molecule has 0 aromatic carbocycles. The number of methoxy groups -OCH3 is 1. The molecule has 1 aliphatic heterocycles. The summed E-state index contributed by atoms with van der Waals surface area (Å²) < 4.78 is 4.84. The van der Waals surface area contributed by atoms with Gasteiger partial charge in [-0.25, -0.2) is 9.59 Å². The van der Waals surface area contributed by atoms with E-state index >= 15 is 0 Å². The third kappa shape index (κ3) is 6.77. The Kier molecular flexibility index (Phi) is 8.07. The van der Waals surface area contributed by atoms with Crippen LogP contribution in [-0.2, 0) is 9.53 Å². The van der Waals surface area contributed by atoms with E-state index in [-0.39, 0.29) is 12.5 Å². The van der Waals surface area contributed by atoms with E-state index < -0.39 is 18.0 Å². The van der Waals surface area contributed by atoms with Gasteiger partial charge in [0.1, 0.15) is 6.04 Å². The lowest BCUT2D eigenvalue weighted by molar-refractivity contribution is -0.139. The van der Waals surface area contributed by atoms with E-state index in [2.05, 4.69) is 22.5 Å². The van der Waals surface area contributed by atoms with Crippen molar-refractivity contribution in [3.63, 3.8) is 0 Å². The number of carbonyl (C=O) groups excluding carboxylic acids is 1. The number of hydrogen-bond donors (Lipinski definition) is 3. The van der Waals surface area contributed by atoms with Gasteiger partial charge in [0.2, 0.25) is 0 Å². The van der Waals surface area contributed by atoms with Crippen molar-refractivity contribution in [2.24, 2.45) is 0 Å². The van der Waals surface area contributed by atoms with Crippen LogP contribution in [0.25, 0.3) is 0 Å². The summed E-state index contributed by atoms with van der Waals surface area (Å²) in [5.41, 5.74) is 0. The van der Waals surface area contributed by atoms with Crippen LogP contribution in [0.2, 0.25) is 0 Å². The normalized spacial score (nSPS) is 18.8. The Labute approximate surface area is 126 Å². The first-order valence-electron chi connectivity index (χ1n) is 7.54. The molecule has 1 rings (SSSR count). The van der Waals surface area contributed by atoms with Crippen molar-refractivity contribution >= 4 is 12.0 Å². The molecule has 1 saturated heterocycles. The zero-order valence-electron chi connectivity index (χ0n) is 12.9. The maximum atomic E-state index is 11.8. The van der Waals surface area contributed by atoms with Gasteiger partial charge in [-0.2, -0.15) is 0 Å². The van der Waals surface area contributed by atoms with E-state index in [1.165, 1.54) is 26.4 Å². The molecule has 7 heteroatoms. The lowest BCUT2D eigenvalue weighted by Gasteiger charge is -2.32. The molecule has 3 N–H and O–H groups in total. The predicted molar refractivity (Wildman–Crippen MR) is 79.3 cm³/mol. The summed E-state index contributed by atoms with van der Waals surface area (Å²) in [4.78, 5) is 25.1. The molecular weight excluding hydrogens is 274 g/mol. The summed E-state index contributed by atoms with van der Waals surface area (Å²) in [6.45, 7) is 5.02. The van der Waals surface area contributed by atoms with Crippen molar-refractivity contribution in [1.82, 2.24) is 15.5 Å². The van der Waals surface area contributed by atoms with Gasteiger partial charge in [-0.1, -0.05) is 6.42 Å². The minimum Gasteiger partial charge on any atom is -0.480 e. The van der Waals surface area contributed by atoms with Crippen LogP contribution in [0, 0.1) is 0 Å². The number of nitrogens with zero attached hydrogens (tertiary/aromatic N) is 1. The largest absolute Gasteiger partial charge is 0.480 e. The van der Waals surface area contributed by atoms with Crippen LogP contribution in [0.1, 0.15) is 32.6 Å². The van der Waals surface area contributed by atoms with Crippen LogP contribution in [0.4, 0.5) is 4.79 Å². The Balaban J connectivity index is 2.29. The van der Waals surface area contributed by atoms with Crippen molar-refractivity contribution in [2.75, 3.05) is 33.4 Å². The molecule has 0 bridgehead atoms. The first-order chi connectivity index (χ1) is 10.0. The first kappa shape index (κ1) is 17.7. The molecule has 0 aromatic heterocycles. The molecule has 1 aliphatic rings. The summed E-state index contributed by atoms with van der Waals surface area (Å²) in [6.07, 6.45) is 3.93. The molecule has 21 heavy (non-hydrogen) atoms. The SMILES string of the molecule is COCCC(NC(=O)NCC(C)N1CCCCC1)C(=O)O. The quantitative estimate of drug-likeness (QED) is 0.612. The van der Waals surface area contributed by atoms with Crippen molar-refractivity contribution in [1.29, 1.82) is 0 Å². The van der Waals surface area contributed by atoms with Crippen LogP contribution in [0.15, 0.2) is 0 Å². The molecule has 0 aromatic rings. The fraction of sp³-hybridized carbons (Fsp3) is 0.857. The number of likely N-dealkylation sites (tertiary alicyclic amines) is 1. The van der Waals surface area contributed by atoms with Gasteiger partial charge in [-0.05, 0) is 32.9 Å². The number of nitrogens with one attached hydrogen (secondary N) is 2. The van der Waals surface area contributed by atoms with E-state index in [4.69, 9.17) is 9.84 Å². The molecule has 2 amide bonds. The fourth-order valence-electron chi connectivity index (χ4n) is 2.43. The Morgan fingerprint density at radius 2 is 1.95 bits per heavy atom. The molecule has 2 atom stereocenters. The highest BCUT2D eigenvalue weighted by atomic mass is 16.5. The zero-order valence-corrected chi connectivity index (χ0v) is 12.9. The number of carbonyl (C=O) groups is 2. The highest BCUT2D eigenvalue weighted by Gasteiger charge is 2.21. The summed E-state index contributed by atoms with van der Waals surface area (Å²) in [5, 5.41) is 14.2. The topological polar surface area (TPSA) is 90.9 Å². The smallest absolute Gasteiger partial charge is 0.326 e. The highest BCUT2D eigenvalue weighted by molar-refractivity contribution is 5.82. The van der Waals surface area contributed by atoms with Gasteiger partial charge in [0, 0.05) is 32.7 Å². The van der Waals surface area contributed by atoms with E-state index in [0.717, 1.165) is 13.1 Å². The van der Waals surface area contributed by atoms with Crippen molar-refractivity contribution in [3.05, 3.63) is 0 Å². The molecule has 0 aliphatic carbocycles. The molecule has 0 saturated carbocycles. The summed E-state index contributed by atoms with van der Waals surface area (Å²) >= 11 is 0. The van der Waals surface area contributed by atoms with Gasteiger partial charge >= 0.3 is 12.0 Å². The number of aliphatic carboxylic acids is 1. The number of ether oxygens (including phenoxy) is 1. The van der Waals surface area contributed by atoms with E-state index in [9.17, 15) is 9.59 Å². The van der Waals surface area contributed by atoms with E-state index in [1.807, 2.05) is 0 Å². The van der Waals surface area contributed by atoms with Gasteiger partial charge in [0.25, 0.3) is 0 Å². The Hall–Kier alpha value is -1.34. The van der Waals surface area contributed by atoms with Gasteiger partial charge in [0.05, 0.1) is 0 Å². The summed E-state index contributed by atoms with van der Waals surface area (Å²) in [6, 6.07) is -1.10. The Bertz CT molecular complexity index is 332. The Morgan fingerprint density at radius 3 is 2.52 bits per heavy atom. The molecular formula is C14H27N3O4. The number of carboxylic acids is 1. The van der Waals surface area contributed by atoms with Gasteiger partial charge in [-0.15, -0.1) is 0 Å². The standard InChI is InChI=1S/C14H27N3O4/c1-11(17-7-4-3-5-8-17)10-15-14(20)16-12(13(18)19)6-9-21-2/h11-12H,3-10H2,1-2H3,(H,18,19)(H2,15,16,20). The summed E-state index contributed by atoms with van der Waals surface area (Å²) in [7, 11) is 1.50. The average molecular weight is 301 g/mol. The van der Waals surface area contributed by atoms with Crippen LogP contribution in [0.3, 0.4) is 0 Å². The average Bonchev–Trinajstić information content (AvgIpc) is 2.49. The lowest BCUT2D eigenvalue weighted by Crippen LogP contribution is -2.50. The van der Waals surface area contributed by atoms with Gasteiger partial charge in [-0.3, -0.25) is 4.90 Å². The molecule has 2 unspecified atom stereocenters. The third-order valence-electron chi connectivity index (χ3n) is 3.79. The summed E-state index contributed by atoms with van der Waals surface area (Å²) in [5.74, 6) is -1.05. The maximum Gasteiger partial charge on any atom is 0.326 e. The second kappa shape index (κ2) is 9.57. The minimum absolute atomic E-state index is 0.251. The van der Waals surface area contributed by atoms with Crippen LogP contribution in [-0.4, -0.2) is 67.4 Å². The maximum absolute atomic E-state index is 11.8. The van der Waals surface area contributed by atoms with Crippen molar-refractivity contribution < 1.29 is 19.4 Å². The number of piperidine rings is 1. The van der Waals surface area contributed by atoms with E-state index in [1.54, 1.807) is 0 Å². The zero-order chi connectivity index (χ0) is 15.7. The van der Waals surface area contributed by atoms with E-state index in [0.29, 0.717) is 13.2 Å². The van der Waals surface area contributed by atoms with Gasteiger partial charge in [0.15, 0.2) is 0 Å². The predicted octanol–water partition coefficient (Wildman–Crippen LogP) is 0.650. The number of rotatable bonds is 8. The molecule has 0 spiro atoms. The second-order valence-electron chi connectivity index (χ2n) is 5.47. The number of amides is 2. The van der Waals surface area contributed by atoms with Crippen LogP contribution in [0.5, 0.6) is 0 Å².